The van der Waals surface area contributed by atoms with Crippen LogP contribution in [0.15, 0.2) is 49.2 Å². The van der Waals surface area contributed by atoms with Crippen molar-refractivity contribution < 1.29 is 0 Å². The number of nitriles is 1. The van der Waals surface area contributed by atoms with Gasteiger partial charge in [0.2, 0.25) is 0 Å². The summed E-state index contributed by atoms with van der Waals surface area (Å²) in [5.41, 5.74) is 4.80. The number of nitrogens with one attached hydrogen (secondary N) is 1. The quantitative estimate of drug-likeness (QED) is 0.596. The van der Waals surface area contributed by atoms with Crippen LogP contribution in [0.2, 0.25) is 5.02 Å². The Morgan fingerprint density at radius 1 is 1.21 bits per heavy atom. The molecule has 0 amide bonds. The zero-order valence-electron chi connectivity index (χ0n) is 12.8. The highest BCUT2D eigenvalue weighted by Crippen LogP contribution is 2.30. The highest BCUT2D eigenvalue weighted by Gasteiger charge is 2.15. The van der Waals surface area contributed by atoms with Crippen LogP contribution in [-0.4, -0.2) is 19.5 Å². The van der Waals surface area contributed by atoms with Crippen LogP contribution in [0.1, 0.15) is 11.1 Å². The SMILES string of the molecule is Cc1ccc(Cl)cc1-n1cc(C#N)c(-c2ncnc3[nH]ccc23)c1. The smallest absolute Gasteiger partial charge is 0.141 e. The van der Waals surface area contributed by atoms with Crippen molar-refractivity contribution in [3.63, 3.8) is 0 Å². The topological polar surface area (TPSA) is 70.3 Å². The Balaban J connectivity index is 1.95. The first-order valence-corrected chi connectivity index (χ1v) is 7.72. The van der Waals surface area contributed by atoms with E-state index in [1.54, 1.807) is 6.20 Å². The summed E-state index contributed by atoms with van der Waals surface area (Å²) in [7, 11) is 0. The Morgan fingerprint density at radius 2 is 2.08 bits per heavy atom. The average Bonchev–Trinajstić information content (AvgIpc) is 3.23. The molecule has 116 valence electrons. The predicted molar refractivity (Wildman–Crippen MR) is 93.1 cm³/mol. The van der Waals surface area contributed by atoms with Gasteiger partial charge in [0.1, 0.15) is 18.0 Å². The summed E-state index contributed by atoms with van der Waals surface area (Å²) in [4.78, 5) is 11.6. The van der Waals surface area contributed by atoms with Crippen molar-refractivity contribution in [2.24, 2.45) is 0 Å². The van der Waals surface area contributed by atoms with E-state index in [1.165, 1.54) is 6.33 Å². The van der Waals surface area contributed by atoms with Gasteiger partial charge in [-0.05, 0) is 30.7 Å². The first-order chi connectivity index (χ1) is 11.7. The minimum atomic E-state index is 0.551. The zero-order chi connectivity index (χ0) is 16.7. The Labute approximate surface area is 143 Å². The van der Waals surface area contributed by atoms with Crippen LogP contribution in [0, 0.1) is 18.3 Å². The number of fused-ring (bicyclic) bond motifs is 1. The molecule has 3 aromatic heterocycles. The van der Waals surface area contributed by atoms with Gasteiger partial charge in [0, 0.05) is 40.3 Å². The highest BCUT2D eigenvalue weighted by atomic mass is 35.5. The summed E-state index contributed by atoms with van der Waals surface area (Å²) < 4.78 is 1.91. The van der Waals surface area contributed by atoms with E-state index in [2.05, 4.69) is 21.0 Å². The number of halogens is 1. The molecule has 1 aromatic carbocycles. The van der Waals surface area contributed by atoms with Gasteiger partial charge in [-0.1, -0.05) is 17.7 Å². The molecular weight excluding hydrogens is 322 g/mol. The number of nitrogens with zero attached hydrogens (tertiary/aromatic N) is 4. The molecule has 24 heavy (non-hydrogen) atoms. The summed E-state index contributed by atoms with van der Waals surface area (Å²) >= 11 is 6.12. The molecule has 0 aliphatic heterocycles. The van der Waals surface area contributed by atoms with E-state index in [-0.39, 0.29) is 0 Å². The molecular formula is C18H12ClN5. The fraction of sp³-hybridized carbons (Fsp3) is 0.0556. The lowest BCUT2D eigenvalue weighted by molar-refractivity contribution is 1.06. The second-order valence-electron chi connectivity index (χ2n) is 5.50. The van der Waals surface area contributed by atoms with Crippen LogP contribution < -0.4 is 0 Å². The number of aromatic amines is 1. The molecule has 4 rings (SSSR count). The first-order valence-electron chi connectivity index (χ1n) is 7.34. The molecule has 0 aliphatic rings. The van der Waals surface area contributed by atoms with Gasteiger partial charge >= 0.3 is 0 Å². The van der Waals surface area contributed by atoms with E-state index in [4.69, 9.17) is 11.6 Å². The molecule has 0 spiro atoms. The van der Waals surface area contributed by atoms with Crippen molar-refractivity contribution in [3.8, 4) is 23.0 Å². The predicted octanol–water partition coefficient (Wildman–Crippen LogP) is 4.25. The molecule has 1 N–H and O–H groups in total. The third-order valence-electron chi connectivity index (χ3n) is 4.01. The lowest BCUT2D eigenvalue weighted by Gasteiger charge is -2.07. The molecule has 0 fully saturated rings. The van der Waals surface area contributed by atoms with Gasteiger partial charge < -0.3 is 9.55 Å². The normalized spacial score (nSPS) is 10.9. The number of hydrogen-bond acceptors (Lipinski definition) is 3. The van der Waals surface area contributed by atoms with Crippen LogP contribution in [0.5, 0.6) is 0 Å². The Hall–Kier alpha value is -3.10. The minimum absolute atomic E-state index is 0.551. The molecule has 4 aromatic rings. The summed E-state index contributed by atoms with van der Waals surface area (Å²) in [5, 5.41) is 11.1. The summed E-state index contributed by atoms with van der Waals surface area (Å²) in [6.07, 6.45) is 7.02. The fourth-order valence-electron chi connectivity index (χ4n) is 2.82. The Bertz CT molecular complexity index is 1100. The third-order valence-corrected chi connectivity index (χ3v) is 4.24. The number of H-pyrrole nitrogens is 1. The van der Waals surface area contributed by atoms with E-state index in [9.17, 15) is 5.26 Å². The van der Waals surface area contributed by atoms with E-state index < -0.39 is 0 Å². The average molecular weight is 334 g/mol. The van der Waals surface area contributed by atoms with Crippen molar-refractivity contribution in [1.82, 2.24) is 19.5 Å². The molecule has 0 unspecified atom stereocenters. The molecule has 0 saturated heterocycles. The van der Waals surface area contributed by atoms with Crippen molar-refractivity contribution >= 4 is 22.6 Å². The van der Waals surface area contributed by atoms with E-state index in [1.807, 2.05) is 48.1 Å². The molecule has 0 atom stereocenters. The maximum Gasteiger partial charge on any atom is 0.141 e. The van der Waals surface area contributed by atoms with Crippen LogP contribution in [0.25, 0.3) is 28.0 Å². The van der Waals surface area contributed by atoms with Gasteiger partial charge in [-0.2, -0.15) is 5.26 Å². The lowest BCUT2D eigenvalue weighted by Crippen LogP contribution is -1.93. The summed E-state index contributed by atoms with van der Waals surface area (Å²) in [6, 6.07) is 9.85. The Morgan fingerprint density at radius 3 is 2.92 bits per heavy atom. The fourth-order valence-corrected chi connectivity index (χ4v) is 2.99. The maximum absolute atomic E-state index is 9.55. The van der Waals surface area contributed by atoms with E-state index in [0.29, 0.717) is 10.6 Å². The zero-order valence-corrected chi connectivity index (χ0v) is 13.5. The van der Waals surface area contributed by atoms with Crippen molar-refractivity contribution in [1.29, 1.82) is 5.26 Å². The molecule has 3 heterocycles. The van der Waals surface area contributed by atoms with Gasteiger partial charge in [-0.3, -0.25) is 0 Å². The summed E-state index contributed by atoms with van der Waals surface area (Å²) in [5.74, 6) is 0. The number of benzene rings is 1. The number of hydrogen-bond donors (Lipinski definition) is 1. The van der Waals surface area contributed by atoms with Crippen LogP contribution in [-0.2, 0) is 0 Å². The van der Waals surface area contributed by atoms with Gasteiger partial charge in [0.05, 0.1) is 11.3 Å². The van der Waals surface area contributed by atoms with Gasteiger partial charge in [0.25, 0.3) is 0 Å². The van der Waals surface area contributed by atoms with Crippen molar-refractivity contribution in [2.45, 2.75) is 6.92 Å². The lowest BCUT2D eigenvalue weighted by atomic mass is 10.1. The van der Waals surface area contributed by atoms with Gasteiger partial charge in [-0.25, -0.2) is 9.97 Å². The molecule has 0 aliphatic carbocycles. The second-order valence-corrected chi connectivity index (χ2v) is 5.93. The van der Waals surface area contributed by atoms with Crippen molar-refractivity contribution in [2.75, 3.05) is 0 Å². The van der Waals surface area contributed by atoms with Crippen LogP contribution >= 0.6 is 11.6 Å². The standard InChI is InChI=1S/C18H12ClN5/c1-11-2-3-13(19)6-16(11)24-8-12(7-20)15(9-24)17-14-4-5-21-18(14)23-10-22-17/h2-6,8-10H,1H3,(H,21,22,23). The van der Waals surface area contributed by atoms with Crippen molar-refractivity contribution in [3.05, 3.63) is 65.3 Å². The number of aromatic nitrogens is 4. The number of rotatable bonds is 2. The summed E-state index contributed by atoms with van der Waals surface area (Å²) in [6.45, 7) is 2.01. The third kappa shape index (κ3) is 2.25. The van der Waals surface area contributed by atoms with E-state index >= 15 is 0 Å². The molecule has 5 nitrogen and oxygen atoms in total. The van der Waals surface area contributed by atoms with Crippen LogP contribution in [0.3, 0.4) is 0 Å². The molecule has 0 saturated carbocycles. The monoisotopic (exact) mass is 333 g/mol. The van der Waals surface area contributed by atoms with Crippen LogP contribution in [0.4, 0.5) is 0 Å². The Kier molecular flexibility index (Phi) is 3.33. The molecule has 0 bridgehead atoms. The number of aryl methyl sites for hydroxylation is 1. The molecule has 6 heteroatoms. The largest absolute Gasteiger partial charge is 0.346 e. The minimum Gasteiger partial charge on any atom is -0.346 e. The first kappa shape index (κ1) is 14.5. The van der Waals surface area contributed by atoms with Gasteiger partial charge in [-0.15, -0.1) is 0 Å². The highest BCUT2D eigenvalue weighted by molar-refractivity contribution is 6.30. The van der Waals surface area contributed by atoms with Gasteiger partial charge in [0.15, 0.2) is 0 Å². The second kappa shape index (κ2) is 5.52. The molecule has 0 radical (unpaired) electrons. The van der Waals surface area contributed by atoms with E-state index in [0.717, 1.165) is 33.5 Å². The maximum atomic E-state index is 9.55.